The molecule has 1 aromatic carbocycles. The minimum Gasteiger partial charge on any atom is -0.443 e. The minimum atomic E-state index is -0.0324. The van der Waals surface area contributed by atoms with Gasteiger partial charge < -0.3 is 15.1 Å². The van der Waals surface area contributed by atoms with Crippen molar-refractivity contribution in [2.24, 2.45) is 4.99 Å². The van der Waals surface area contributed by atoms with Gasteiger partial charge in [-0.15, -0.1) is 0 Å². The van der Waals surface area contributed by atoms with Crippen molar-refractivity contribution < 1.29 is 4.42 Å². The highest BCUT2D eigenvalue weighted by molar-refractivity contribution is 5.79. The van der Waals surface area contributed by atoms with Gasteiger partial charge in [0.1, 0.15) is 12.3 Å². The largest absolute Gasteiger partial charge is 0.443 e. The summed E-state index contributed by atoms with van der Waals surface area (Å²) in [7, 11) is 0. The quantitative estimate of drug-likeness (QED) is 0.647. The third-order valence-corrected chi connectivity index (χ3v) is 4.49. The first-order valence-corrected chi connectivity index (χ1v) is 9.02. The molecule has 0 amide bonds. The monoisotopic (exact) mass is 340 g/mol. The number of aliphatic imine (C=N–C) groups is 1. The maximum atomic E-state index is 5.81. The van der Waals surface area contributed by atoms with E-state index in [4.69, 9.17) is 4.42 Å². The van der Waals surface area contributed by atoms with Crippen molar-refractivity contribution in [1.82, 2.24) is 15.6 Å². The highest BCUT2D eigenvalue weighted by Crippen LogP contribution is 2.33. The van der Waals surface area contributed by atoms with Gasteiger partial charge in [-0.1, -0.05) is 45.0 Å². The lowest BCUT2D eigenvalue weighted by Crippen LogP contribution is -2.41. The summed E-state index contributed by atoms with van der Waals surface area (Å²) in [6.07, 6.45) is 2.94. The SMILES string of the molecule is CCNC(=NCc1ncc(C(C)(C)C)o1)NCC1Cc2ccccc21. The van der Waals surface area contributed by atoms with Gasteiger partial charge in [0.25, 0.3) is 0 Å². The van der Waals surface area contributed by atoms with Crippen LogP contribution in [0.4, 0.5) is 0 Å². The van der Waals surface area contributed by atoms with Gasteiger partial charge in [0.2, 0.25) is 5.89 Å². The molecule has 1 aliphatic rings. The van der Waals surface area contributed by atoms with Gasteiger partial charge in [-0.05, 0) is 24.5 Å². The molecule has 5 nitrogen and oxygen atoms in total. The zero-order valence-electron chi connectivity index (χ0n) is 15.6. The van der Waals surface area contributed by atoms with Crippen LogP contribution >= 0.6 is 0 Å². The van der Waals surface area contributed by atoms with Crippen molar-refractivity contribution in [2.75, 3.05) is 13.1 Å². The summed E-state index contributed by atoms with van der Waals surface area (Å²) in [5, 5.41) is 6.73. The van der Waals surface area contributed by atoms with Crippen LogP contribution in [0.25, 0.3) is 0 Å². The summed E-state index contributed by atoms with van der Waals surface area (Å²) in [6, 6.07) is 8.65. The molecule has 5 heteroatoms. The normalized spacial score (nSPS) is 17.0. The molecule has 0 aliphatic heterocycles. The van der Waals surface area contributed by atoms with Gasteiger partial charge in [0.05, 0.1) is 6.20 Å². The van der Waals surface area contributed by atoms with Crippen LogP contribution in [0, 0.1) is 0 Å². The van der Waals surface area contributed by atoms with Crippen LogP contribution in [0.1, 0.15) is 56.4 Å². The van der Waals surface area contributed by atoms with Gasteiger partial charge in [-0.3, -0.25) is 0 Å². The van der Waals surface area contributed by atoms with Crippen molar-refractivity contribution in [3.8, 4) is 0 Å². The highest BCUT2D eigenvalue weighted by atomic mass is 16.4. The number of oxazole rings is 1. The zero-order chi connectivity index (χ0) is 17.9. The number of nitrogens with zero attached hydrogens (tertiary/aromatic N) is 2. The molecule has 2 aromatic rings. The van der Waals surface area contributed by atoms with Crippen molar-refractivity contribution in [3.05, 3.63) is 53.2 Å². The lowest BCUT2D eigenvalue weighted by Gasteiger charge is -2.30. The highest BCUT2D eigenvalue weighted by Gasteiger charge is 2.25. The smallest absolute Gasteiger partial charge is 0.216 e. The third kappa shape index (κ3) is 4.21. The maximum Gasteiger partial charge on any atom is 0.216 e. The molecule has 0 saturated carbocycles. The molecule has 0 saturated heterocycles. The fourth-order valence-electron chi connectivity index (χ4n) is 2.98. The predicted molar refractivity (Wildman–Crippen MR) is 101 cm³/mol. The zero-order valence-corrected chi connectivity index (χ0v) is 15.6. The number of aromatic nitrogens is 1. The summed E-state index contributed by atoms with van der Waals surface area (Å²) < 4.78 is 5.81. The molecule has 0 radical (unpaired) electrons. The molecular weight excluding hydrogens is 312 g/mol. The van der Waals surface area contributed by atoms with E-state index in [0.29, 0.717) is 18.4 Å². The van der Waals surface area contributed by atoms with E-state index in [1.165, 1.54) is 11.1 Å². The van der Waals surface area contributed by atoms with Crippen LogP contribution in [0.3, 0.4) is 0 Å². The average molecular weight is 340 g/mol. The molecule has 1 unspecified atom stereocenters. The molecule has 0 fully saturated rings. The topological polar surface area (TPSA) is 62.5 Å². The second-order valence-corrected chi connectivity index (χ2v) is 7.54. The van der Waals surface area contributed by atoms with E-state index in [0.717, 1.165) is 31.2 Å². The summed E-state index contributed by atoms with van der Waals surface area (Å²) in [5.41, 5.74) is 2.88. The van der Waals surface area contributed by atoms with E-state index >= 15 is 0 Å². The molecule has 1 heterocycles. The lowest BCUT2D eigenvalue weighted by atomic mass is 9.78. The van der Waals surface area contributed by atoms with Crippen molar-refractivity contribution in [1.29, 1.82) is 0 Å². The molecule has 3 rings (SSSR count). The number of rotatable bonds is 5. The Bertz CT molecular complexity index is 742. The van der Waals surface area contributed by atoms with Crippen molar-refractivity contribution in [2.45, 2.75) is 52.0 Å². The second kappa shape index (κ2) is 7.30. The Labute approximate surface area is 150 Å². The third-order valence-electron chi connectivity index (χ3n) is 4.49. The van der Waals surface area contributed by atoms with E-state index < -0.39 is 0 Å². The fraction of sp³-hybridized carbons (Fsp3) is 0.500. The first-order chi connectivity index (χ1) is 12.0. The van der Waals surface area contributed by atoms with E-state index in [2.05, 4.69) is 72.6 Å². The Balaban J connectivity index is 1.57. The molecule has 0 bridgehead atoms. The molecule has 2 N–H and O–H groups in total. The van der Waals surface area contributed by atoms with Gasteiger partial charge in [-0.25, -0.2) is 9.98 Å². The summed E-state index contributed by atoms with van der Waals surface area (Å²) in [5.74, 6) is 2.91. The first kappa shape index (κ1) is 17.5. The maximum absolute atomic E-state index is 5.81. The predicted octanol–water partition coefficient (Wildman–Crippen LogP) is 3.37. The van der Waals surface area contributed by atoms with Gasteiger partial charge in [0.15, 0.2) is 5.96 Å². The molecule has 1 aliphatic carbocycles. The molecule has 25 heavy (non-hydrogen) atoms. The number of fused-ring (bicyclic) bond motifs is 1. The molecule has 0 spiro atoms. The standard InChI is InChI=1S/C20H28N4O/c1-5-21-19(23-11-15-10-14-8-6-7-9-16(14)15)24-13-18-22-12-17(25-18)20(2,3)4/h6-9,12,15H,5,10-11,13H2,1-4H3,(H2,21,23,24). The van der Waals surface area contributed by atoms with E-state index in [-0.39, 0.29) is 5.41 Å². The Morgan fingerprint density at radius 1 is 1.28 bits per heavy atom. The summed E-state index contributed by atoms with van der Waals surface area (Å²) in [4.78, 5) is 8.94. The number of hydrogen-bond donors (Lipinski definition) is 2. The Morgan fingerprint density at radius 3 is 2.76 bits per heavy atom. The number of nitrogens with one attached hydrogen (secondary N) is 2. The van der Waals surface area contributed by atoms with Gasteiger partial charge in [-0.2, -0.15) is 0 Å². The molecular formula is C20H28N4O. The van der Waals surface area contributed by atoms with Crippen molar-refractivity contribution >= 4 is 5.96 Å². The second-order valence-electron chi connectivity index (χ2n) is 7.54. The fourth-order valence-corrected chi connectivity index (χ4v) is 2.98. The van der Waals surface area contributed by atoms with E-state index in [1.54, 1.807) is 6.20 Å². The average Bonchev–Trinajstić information content (AvgIpc) is 3.02. The van der Waals surface area contributed by atoms with Gasteiger partial charge in [0, 0.05) is 24.4 Å². The van der Waals surface area contributed by atoms with Crippen LogP contribution in [-0.4, -0.2) is 24.0 Å². The Hall–Kier alpha value is -2.30. The number of hydrogen-bond acceptors (Lipinski definition) is 3. The molecule has 1 aromatic heterocycles. The summed E-state index contributed by atoms with van der Waals surface area (Å²) in [6.45, 7) is 10.6. The minimum absolute atomic E-state index is 0.0324. The number of guanidine groups is 1. The summed E-state index contributed by atoms with van der Waals surface area (Å²) >= 11 is 0. The van der Waals surface area contributed by atoms with Crippen LogP contribution in [0.15, 0.2) is 39.9 Å². The number of benzene rings is 1. The van der Waals surface area contributed by atoms with Crippen LogP contribution in [0.5, 0.6) is 0 Å². The van der Waals surface area contributed by atoms with Gasteiger partial charge >= 0.3 is 0 Å². The van der Waals surface area contributed by atoms with Crippen molar-refractivity contribution in [3.63, 3.8) is 0 Å². The first-order valence-electron chi connectivity index (χ1n) is 9.02. The Morgan fingerprint density at radius 2 is 2.08 bits per heavy atom. The van der Waals surface area contributed by atoms with Crippen LogP contribution < -0.4 is 10.6 Å². The van der Waals surface area contributed by atoms with Crippen LogP contribution in [0.2, 0.25) is 0 Å². The van der Waals surface area contributed by atoms with Crippen LogP contribution in [-0.2, 0) is 18.4 Å². The lowest BCUT2D eigenvalue weighted by molar-refractivity contribution is 0.383. The van der Waals surface area contributed by atoms with E-state index in [1.807, 2.05) is 0 Å². The van der Waals surface area contributed by atoms with E-state index in [9.17, 15) is 0 Å². The molecule has 134 valence electrons. The Kier molecular flexibility index (Phi) is 5.11. The molecule has 1 atom stereocenters.